The number of benzene rings is 1. The summed E-state index contributed by atoms with van der Waals surface area (Å²) in [5, 5.41) is 3.51. The van der Waals surface area contributed by atoms with Gasteiger partial charge in [-0.15, -0.1) is 12.4 Å². The SMILES string of the molecule is COc1ccc2c(c1OC)CCN(CC1CCCNC1)C2.Cl. The fourth-order valence-corrected chi connectivity index (χ4v) is 3.64. The van der Waals surface area contributed by atoms with Gasteiger partial charge >= 0.3 is 0 Å². The molecule has 1 aromatic carbocycles. The van der Waals surface area contributed by atoms with Gasteiger partial charge in [0.1, 0.15) is 0 Å². The molecular formula is C17H27ClN2O2. The average molecular weight is 327 g/mol. The van der Waals surface area contributed by atoms with Crippen molar-refractivity contribution in [3.8, 4) is 11.5 Å². The summed E-state index contributed by atoms with van der Waals surface area (Å²) in [6, 6.07) is 4.23. The van der Waals surface area contributed by atoms with Crippen LogP contribution in [0.4, 0.5) is 0 Å². The standard InChI is InChI=1S/C17H26N2O2.ClH/c1-20-16-6-5-14-12-19(9-7-15(14)17(16)21-2)11-13-4-3-8-18-10-13;/h5-6,13,18H,3-4,7-12H2,1-2H3;1H. The number of fused-ring (bicyclic) bond motifs is 1. The first-order chi connectivity index (χ1) is 10.3. The summed E-state index contributed by atoms with van der Waals surface area (Å²) in [5.74, 6) is 2.58. The van der Waals surface area contributed by atoms with E-state index < -0.39 is 0 Å². The molecule has 1 aromatic rings. The van der Waals surface area contributed by atoms with Gasteiger partial charge in [0.05, 0.1) is 14.2 Å². The molecular weight excluding hydrogens is 300 g/mol. The zero-order valence-corrected chi connectivity index (χ0v) is 14.4. The Morgan fingerprint density at radius 3 is 2.82 bits per heavy atom. The van der Waals surface area contributed by atoms with Crippen LogP contribution in [0.15, 0.2) is 12.1 Å². The second kappa shape index (κ2) is 8.04. The summed E-state index contributed by atoms with van der Waals surface area (Å²) in [7, 11) is 3.44. The summed E-state index contributed by atoms with van der Waals surface area (Å²) in [6.07, 6.45) is 3.73. The quantitative estimate of drug-likeness (QED) is 0.921. The molecule has 1 atom stereocenters. The van der Waals surface area contributed by atoms with Crippen LogP contribution in [0.25, 0.3) is 0 Å². The van der Waals surface area contributed by atoms with Crippen molar-refractivity contribution in [1.29, 1.82) is 0 Å². The summed E-state index contributed by atoms with van der Waals surface area (Å²) < 4.78 is 11.0. The molecule has 2 aliphatic rings. The van der Waals surface area contributed by atoms with E-state index in [1.807, 2.05) is 6.07 Å². The van der Waals surface area contributed by atoms with E-state index in [-0.39, 0.29) is 12.4 Å². The van der Waals surface area contributed by atoms with E-state index in [0.717, 1.165) is 36.9 Å². The van der Waals surface area contributed by atoms with Gasteiger partial charge in [-0.3, -0.25) is 4.90 Å². The zero-order valence-electron chi connectivity index (χ0n) is 13.6. The third-order valence-electron chi connectivity index (χ3n) is 4.73. The minimum absolute atomic E-state index is 0. The second-order valence-corrected chi connectivity index (χ2v) is 6.14. The van der Waals surface area contributed by atoms with Crippen molar-refractivity contribution in [3.63, 3.8) is 0 Å². The van der Waals surface area contributed by atoms with Crippen LogP contribution in [-0.4, -0.2) is 45.3 Å². The van der Waals surface area contributed by atoms with Crippen LogP contribution in [0.1, 0.15) is 24.0 Å². The molecule has 2 aliphatic heterocycles. The number of hydrogen-bond donors (Lipinski definition) is 1. The topological polar surface area (TPSA) is 33.7 Å². The van der Waals surface area contributed by atoms with Crippen LogP contribution in [0.5, 0.6) is 11.5 Å². The minimum Gasteiger partial charge on any atom is -0.493 e. The van der Waals surface area contributed by atoms with Crippen molar-refractivity contribution in [1.82, 2.24) is 10.2 Å². The number of hydrogen-bond acceptors (Lipinski definition) is 4. The van der Waals surface area contributed by atoms with Crippen LogP contribution < -0.4 is 14.8 Å². The number of halogens is 1. The first-order valence-corrected chi connectivity index (χ1v) is 7.97. The van der Waals surface area contributed by atoms with Gasteiger partial charge in [-0.05, 0) is 49.9 Å². The predicted octanol–water partition coefficient (Wildman–Crippen LogP) is 2.48. The molecule has 2 heterocycles. The summed E-state index contributed by atoms with van der Waals surface area (Å²) in [6.45, 7) is 5.73. The largest absolute Gasteiger partial charge is 0.493 e. The van der Waals surface area contributed by atoms with E-state index >= 15 is 0 Å². The van der Waals surface area contributed by atoms with Crippen molar-refractivity contribution in [2.24, 2.45) is 5.92 Å². The molecule has 22 heavy (non-hydrogen) atoms. The Bertz CT molecular complexity index is 490. The molecule has 1 saturated heterocycles. The number of piperidine rings is 1. The van der Waals surface area contributed by atoms with Gasteiger partial charge in [-0.1, -0.05) is 6.07 Å². The predicted molar refractivity (Wildman–Crippen MR) is 91.4 cm³/mol. The van der Waals surface area contributed by atoms with Crippen LogP contribution in [0.3, 0.4) is 0 Å². The number of methoxy groups -OCH3 is 2. The van der Waals surface area contributed by atoms with Gasteiger partial charge in [0.15, 0.2) is 11.5 Å². The number of rotatable bonds is 4. The van der Waals surface area contributed by atoms with Crippen molar-refractivity contribution < 1.29 is 9.47 Å². The Morgan fingerprint density at radius 1 is 1.27 bits per heavy atom. The molecule has 0 saturated carbocycles. The third kappa shape index (κ3) is 3.67. The van der Waals surface area contributed by atoms with Crippen LogP contribution >= 0.6 is 12.4 Å². The molecule has 124 valence electrons. The van der Waals surface area contributed by atoms with Crippen molar-refractivity contribution in [3.05, 3.63) is 23.3 Å². The van der Waals surface area contributed by atoms with Gasteiger partial charge in [0.2, 0.25) is 0 Å². The van der Waals surface area contributed by atoms with Crippen LogP contribution in [0, 0.1) is 5.92 Å². The summed E-state index contributed by atoms with van der Waals surface area (Å²) in [5.41, 5.74) is 2.72. The van der Waals surface area contributed by atoms with Crippen LogP contribution in [0.2, 0.25) is 0 Å². The molecule has 0 aliphatic carbocycles. The Hall–Kier alpha value is -0.970. The number of nitrogens with zero attached hydrogens (tertiary/aromatic N) is 1. The van der Waals surface area contributed by atoms with E-state index in [4.69, 9.17) is 9.47 Å². The molecule has 4 nitrogen and oxygen atoms in total. The van der Waals surface area contributed by atoms with E-state index in [0.29, 0.717) is 0 Å². The molecule has 1 unspecified atom stereocenters. The highest BCUT2D eigenvalue weighted by Crippen LogP contribution is 2.36. The van der Waals surface area contributed by atoms with Crippen molar-refractivity contribution in [2.75, 3.05) is 40.4 Å². The average Bonchev–Trinajstić information content (AvgIpc) is 2.54. The van der Waals surface area contributed by atoms with Crippen LogP contribution in [-0.2, 0) is 13.0 Å². The highest BCUT2D eigenvalue weighted by Gasteiger charge is 2.24. The lowest BCUT2D eigenvalue weighted by Gasteiger charge is -2.34. The number of nitrogens with one attached hydrogen (secondary N) is 1. The lowest BCUT2D eigenvalue weighted by Crippen LogP contribution is -2.40. The van der Waals surface area contributed by atoms with E-state index in [2.05, 4.69) is 16.3 Å². The first kappa shape index (κ1) is 17.4. The molecule has 5 heteroatoms. The zero-order chi connectivity index (χ0) is 14.7. The van der Waals surface area contributed by atoms with E-state index in [9.17, 15) is 0 Å². The fourth-order valence-electron chi connectivity index (χ4n) is 3.64. The summed E-state index contributed by atoms with van der Waals surface area (Å²) in [4.78, 5) is 2.59. The molecule has 3 rings (SSSR count). The lowest BCUT2D eigenvalue weighted by atomic mass is 9.95. The van der Waals surface area contributed by atoms with Gasteiger partial charge in [0, 0.05) is 25.2 Å². The Kier molecular flexibility index (Phi) is 6.36. The van der Waals surface area contributed by atoms with Gasteiger partial charge in [0.25, 0.3) is 0 Å². The molecule has 0 radical (unpaired) electrons. The number of ether oxygens (including phenoxy) is 2. The molecule has 0 aromatic heterocycles. The first-order valence-electron chi connectivity index (χ1n) is 7.97. The van der Waals surface area contributed by atoms with E-state index in [1.54, 1.807) is 14.2 Å². The minimum atomic E-state index is 0. The Morgan fingerprint density at radius 2 is 2.14 bits per heavy atom. The Labute approximate surface area is 139 Å². The smallest absolute Gasteiger partial charge is 0.164 e. The maximum absolute atomic E-state index is 5.57. The third-order valence-corrected chi connectivity index (χ3v) is 4.73. The van der Waals surface area contributed by atoms with Gasteiger partial charge in [-0.2, -0.15) is 0 Å². The van der Waals surface area contributed by atoms with Crippen molar-refractivity contribution >= 4 is 12.4 Å². The monoisotopic (exact) mass is 326 g/mol. The molecule has 1 N–H and O–H groups in total. The fraction of sp³-hybridized carbons (Fsp3) is 0.647. The van der Waals surface area contributed by atoms with Gasteiger partial charge < -0.3 is 14.8 Å². The van der Waals surface area contributed by atoms with Gasteiger partial charge in [-0.25, -0.2) is 0 Å². The highest BCUT2D eigenvalue weighted by atomic mass is 35.5. The second-order valence-electron chi connectivity index (χ2n) is 6.14. The maximum Gasteiger partial charge on any atom is 0.164 e. The lowest BCUT2D eigenvalue weighted by molar-refractivity contribution is 0.192. The van der Waals surface area contributed by atoms with Crippen molar-refractivity contribution in [2.45, 2.75) is 25.8 Å². The molecule has 1 fully saturated rings. The van der Waals surface area contributed by atoms with E-state index in [1.165, 1.54) is 43.6 Å². The Balaban J connectivity index is 0.00000176. The molecule has 0 bridgehead atoms. The molecule has 0 spiro atoms. The maximum atomic E-state index is 5.57. The molecule has 0 amide bonds. The highest BCUT2D eigenvalue weighted by molar-refractivity contribution is 5.85. The summed E-state index contributed by atoms with van der Waals surface area (Å²) >= 11 is 0. The normalized spacial score (nSPS) is 21.6.